The van der Waals surface area contributed by atoms with Gasteiger partial charge in [0.05, 0.1) is 19.0 Å². The number of hydrogen-bond donors (Lipinski definition) is 1. The van der Waals surface area contributed by atoms with Crippen molar-refractivity contribution in [1.82, 2.24) is 24.8 Å². The topological polar surface area (TPSA) is 75.0 Å². The number of nitrogens with one attached hydrogen (secondary N) is 1. The Morgan fingerprint density at radius 3 is 2.63 bits per heavy atom. The Balaban J connectivity index is 1.35. The molecule has 0 radical (unpaired) electrons. The lowest BCUT2D eigenvalue weighted by molar-refractivity contribution is -0.125. The lowest BCUT2D eigenvalue weighted by atomic mass is 9.96. The summed E-state index contributed by atoms with van der Waals surface area (Å²) in [5, 5.41) is 8.74. The van der Waals surface area contributed by atoms with Crippen molar-refractivity contribution < 1.29 is 9.53 Å². The minimum Gasteiger partial charge on any atom is -0.497 e. The van der Waals surface area contributed by atoms with Crippen LogP contribution in [-0.4, -0.2) is 72.8 Å². The molecule has 0 unspecified atom stereocenters. The second kappa shape index (κ2) is 9.01. The van der Waals surface area contributed by atoms with Crippen LogP contribution >= 0.6 is 11.3 Å². The van der Waals surface area contributed by atoms with Gasteiger partial charge in [0, 0.05) is 37.7 Å². The van der Waals surface area contributed by atoms with Crippen LogP contribution in [0.3, 0.4) is 0 Å². The molecule has 4 rings (SSSR count). The molecule has 1 aromatic carbocycles. The summed E-state index contributed by atoms with van der Waals surface area (Å²) < 4.78 is 7.06. The normalized spacial score (nSPS) is 15.1. The van der Waals surface area contributed by atoms with E-state index in [4.69, 9.17) is 14.8 Å². The van der Waals surface area contributed by atoms with E-state index in [1.165, 1.54) is 0 Å². The van der Waals surface area contributed by atoms with Crippen molar-refractivity contribution >= 4 is 27.3 Å². The van der Waals surface area contributed by atoms with E-state index < -0.39 is 0 Å². The highest BCUT2D eigenvalue weighted by molar-refractivity contribution is 7.20. The predicted octanol–water partition coefficient (Wildman–Crippen LogP) is 2.36. The molecule has 1 aliphatic heterocycles. The van der Waals surface area contributed by atoms with Gasteiger partial charge in [0.25, 0.3) is 0 Å². The molecular formula is C21H28N6O2S. The zero-order valence-electron chi connectivity index (χ0n) is 17.7. The minimum absolute atomic E-state index is 0.0918. The summed E-state index contributed by atoms with van der Waals surface area (Å²) in [5.74, 6) is 1.10. The van der Waals surface area contributed by atoms with Crippen LogP contribution in [0.15, 0.2) is 30.5 Å². The Kier molecular flexibility index (Phi) is 6.19. The maximum absolute atomic E-state index is 12.4. The SMILES string of the molecule is COc1ccc(-c2cn3nc(N4CCC(C(=O)NCCN(C)C)CC4)sc3n2)cc1. The van der Waals surface area contributed by atoms with Crippen LogP contribution in [0.2, 0.25) is 0 Å². The molecule has 30 heavy (non-hydrogen) atoms. The molecule has 1 N–H and O–H groups in total. The fourth-order valence-corrected chi connectivity index (χ4v) is 4.53. The monoisotopic (exact) mass is 428 g/mol. The van der Waals surface area contributed by atoms with Gasteiger partial charge in [0.15, 0.2) is 0 Å². The summed E-state index contributed by atoms with van der Waals surface area (Å²) in [4.78, 5) is 22.3. The number of hydrogen-bond acceptors (Lipinski definition) is 7. The van der Waals surface area contributed by atoms with Crippen LogP contribution in [-0.2, 0) is 4.79 Å². The first kappa shape index (κ1) is 20.6. The highest BCUT2D eigenvalue weighted by Gasteiger charge is 2.26. The second-order valence-electron chi connectivity index (χ2n) is 7.82. The first-order valence-corrected chi connectivity index (χ1v) is 11.0. The number of aromatic nitrogens is 3. The summed E-state index contributed by atoms with van der Waals surface area (Å²) >= 11 is 1.59. The number of anilines is 1. The number of rotatable bonds is 7. The maximum Gasteiger partial charge on any atom is 0.223 e. The minimum atomic E-state index is 0.0918. The molecular weight excluding hydrogens is 400 g/mol. The van der Waals surface area contributed by atoms with Crippen molar-refractivity contribution in [3.63, 3.8) is 0 Å². The second-order valence-corrected chi connectivity index (χ2v) is 8.76. The van der Waals surface area contributed by atoms with Crippen molar-refractivity contribution in [2.45, 2.75) is 12.8 Å². The Hall–Kier alpha value is -2.65. The molecule has 1 aliphatic rings. The van der Waals surface area contributed by atoms with E-state index in [9.17, 15) is 4.79 Å². The molecule has 1 saturated heterocycles. The fourth-order valence-electron chi connectivity index (χ4n) is 3.60. The summed E-state index contributed by atoms with van der Waals surface area (Å²) in [6.07, 6.45) is 3.67. The van der Waals surface area contributed by atoms with Crippen LogP contribution < -0.4 is 15.0 Å². The van der Waals surface area contributed by atoms with Crippen LogP contribution in [0.1, 0.15) is 12.8 Å². The van der Waals surface area contributed by atoms with Gasteiger partial charge < -0.3 is 19.9 Å². The standard InChI is InChI=1S/C21H28N6O2S/c1-25(2)13-10-22-19(28)16-8-11-26(12-9-16)21-24-27-14-18(23-20(27)30-21)15-4-6-17(29-3)7-5-15/h4-7,14,16H,8-13H2,1-3H3,(H,22,28). The number of methoxy groups -OCH3 is 1. The van der Waals surface area contributed by atoms with E-state index in [1.807, 2.05) is 49.1 Å². The van der Waals surface area contributed by atoms with E-state index in [0.29, 0.717) is 6.54 Å². The molecule has 0 saturated carbocycles. The number of amides is 1. The van der Waals surface area contributed by atoms with E-state index in [2.05, 4.69) is 15.1 Å². The molecule has 1 amide bonds. The van der Waals surface area contributed by atoms with E-state index in [-0.39, 0.29) is 11.8 Å². The number of benzene rings is 1. The highest BCUT2D eigenvalue weighted by Crippen LogP contribution is 2.30. The van der Waals surface area contributed by atoms with E-state index in [1.54, 1.807) is 18.4 Å². The van der Waals surface area contributed by atoms with Gasteiger partial charge in [-0.15, -0.1) is 5.10 Å². The number of nitrogens with zero attached hydrogens (tertiary/aromatic N) is 5. The molecule has 0 atom stereocenters. The number of carbonyl (C=O) groups excluding carboxylic acids is 1. The number of carbonyl (C=O) groups is 1. The molecule has 2 aromatic heterocycles. The third kappa shape index (κ3) is 4.57. The Labute approximate surface area is 180 Å². The lowest BCUT2D eigenvalue weighted by Gasteiger charge is -2.30. The van der Waals surface area contributed by atoms with Crippen LogP contribution in [0, 0.1) is 5.92 Å². The molecule has 0 spiro atoms. The molecule has 3 heterocycles. The first-order chi connectivity index (χ1) is 14.5. The molecule has 0 aliphatic carbocycles. The summed E-state index contributed by atoms with van der Waals surface area (Å²) in [6.45, 7) is 3.25. The molecule has 0 bridgehead atoms. The first-order valence-electron chi connectivity index (χ1n) is 10.2. The maximum atomic E-state index is 12.4. The van der Waals surface area contributed by atoms with Crippen molar-refractivity contribution in [3.8, 4) is 17.0 Å². The quantitative estimate of drug-likeness (QED) is 0.623. The van der Waals surface area contributed by atoms with E-state index >= 15 is 0 Å². The van der Waals surface area contributed by atoms with Gasteiger partial charge in [-0.2, -0.15) is 0 Å². The number of fused-ring (bicyclic) bond motifs is 1. The van der Waals surface area contributed by atoms with Crippen molar-refractivity contribution in [2.75, 3.05) is 52.3 Å². The van der Waals surface area contributed by atoms with Crippen LogP contribution in [0.4, 0.5) is 5.13 Å². The summed E-state index contributed by atoms with van der Waals surface area (Å²) in [5.41, 5.74) is 1.94. The molecule has 3 aromatic rings. The lowest BCUT2D eigenvalue weighted by Crippen LogP contribution is -2.42. The van der Waals surface area contributed by atoms with Gasteiger partial charge in [0.2, 0.25) is 16.0 Å². The van der Waals surface area contributed by atoms with Crippen LogP contribution in [0.5, 0.6) is 5.75 Å². The van der Waals surface area contributed by atoms with Gasteiger partial charge in [-0.1, -0.05) is 11.3 Å². The third-order valence-corrected chi connectivity index (χ3v) is 6.40. The number of imidazole rings is 1. The predicted molar refractivity (Wildman–Crippen MR) is 119 cm³/mol. The Morgan fingerprint density at radius 1 is 1.27 bits per heavy atom. The largest absolute Gasteiger partial charge is 0.497 e. The highest BCUT2D eigenvalue weighted by atomic mass is 32.1. The van der Waals surface area contributed by atoms with Gasteiger partial charge in [-0.3, -0.25) is 4.79 Å². The molecule has 8 nitrogen and oxygen atoms in total. The van der Waals surface area contributed by atoms with Gasteiger partial charge >= 0.3 is 0 Å². The van der Waals surface area contributed by atoms with Crippen molar-refractivity contribution in [3.05, 3.63) is 30.5 Å². The van der Waals surface area contributed by atoms with Crippen LogP contribution in [0.25, 0.3) is 16.2 Å². The van der Waals surface area contributed by atoms with Gasteiger partial charge in [0.1, 0.15) is 5.75 Å². The van der Waals surface area contributed by atoms with Crippen molar-refractivity contribution in [2.24, 2.45) is 5.92 Å². The Bertz CT molecular complexity index is 957. The van der Waals surface area contributed by atoms with Crippen molar-refractivity contribution in [1.29, 1.82) is 0 Å². The molecule has 9 heteroatoms. The Morgan fingerprint density at radius 2 is 2.00 bits per heavy atom. The smallest absolute Gasteiger partial charge is 0.223 e. The average Bonchev–Trinajstić information content (AvgIpc) is 3.33. The average molecular weight is 429 g/mol. The third-order valence-electron chi connectivity index (χ3n) is 5.41. The number of ether oxygens (including phenoxy) is 1. The summed E-state index contributed by atoms with van der Waals surface area (Å²) in [7, 11) is 5.68. The number of likely N-dealkylation sites (N-methyl/N-ethyl adjacent to an activating group) is 1. The van der Waals surface area contributed by atoms with Gasteiger partial charge in [-0.05, 0) is 51.2 Å². The zero-order chi connectivity index (χ0) is 21.1. The summed E-state index contributed by atoms with van der Waals surface area (Å²) in [6, 6.07) is 7.87. The molecule has 160 valence electrons. The zero-order valence-corrected chi connectivity index (χ0v) is 18.5. The van der Waals surface area contributed by atoms with E-state index in [0.717, 1.165) is 59.6 Å². The number of piperidine rings is 1. The molecule has 1 fully saturated rings. The van der Waals surface area contributed by atoms with Gasteiger partial charge in [-0.25, -0.2) is 9.50 Å². The fraction of sp³-hybridized carbons (Fsp3) is 0.476.